The molecule has 1 fully saturated rings. The van der Waals surface area contributed by atoms with Crippen molar-refractivity contribution in [2.24, 2.45) is 5.92 Å². The van der Waals surface area contributed by atoms with E-state index in [1.807, 2.05) is 63.2 Å². The summed E-state index contributed by atoms with van der Waals surface area (Å²) in [5.41, 5.74) is 5.81. The van der Waals surface area contributed by atoms with Gasteiger partial charge in [0.2, 0.25) is 11.8 Å². The Hall–Kier alpha value is -4.13. The molecule has 3 aromatic carbocycles. The number of carbonyl (C=O) groups excluding carboxylic acids is 3. The second kappa shape index (κ2) is 11.7. The zero-order valence-corrected chi connectivity index (χ0v) is 21.5. The summed E-state index contributed by atoms with van der Waals surface area (Å²) in [7, 11) is 0. The van der Waals surface area contributed by atoms with Gasteiger partial charge in [0.05, 0.1) is 5.92 Å². The fourth-order valence-electron chi connectivity index (χ4n) is 4.42. The van der Waals surface area contributed by atoms with Crippen LogP contribution in [0.2, 0.25) is 0 Å². The highest BCUT2D eigenvalue weighted by atomic mass is 16.5. The topological polar surface area (TPSA) is 87.7 Å². The highest BCUT2D eigenvalue weighted by molar-refractivity contribution is 6.00. The van der Waals surface area contributed by atoms with Crippen LogP contribution in [0, 0.1) is 19.8 Å². The van der Waals surface area contributed by atoms with Crippen LogP contribution < -0.4 is 20.3 Å². The van der Waals surface area contributed by atoms with E-state index in [1.165, 1.54) is 5.56 Å². The first-order valence-electron chi connectivity index (χ1n) is 12.6. The van der Waals surface area contributed by atoms with Crippen LogP contribution in [-0.4, -0.2) is 30.9 Å². The van der Waals surface area contributed by atoms with E-state index in [4.69, 9.17) is 4.74 Å². The number of para-hydroxylation sites is 1. The maximum atomic E-state index is 12.7. The first-order valence-corrected chi connectivity index (χ1v) is 12.6. The van der Waals surface area contributed by atoms with E-state index in [0.717, 1.165) is 28.8 Å². The van der Waals surface area contributed by atoms with E-state index >= 15 is 0 Å². The maximum Gasteiger partial charge on any atom is 0.262 e. The summed E-state index contributed by atoms with van der Waals surface area (Å²) < 4.78 is 5.66. The molecule has 1 heterocycles. The van der Waals surface area contributed by atoms with Crippen LogP contribution in [0.15, 0.2) is 66.7 Å². The van der Waals surface area contributed by atoms with Crippen molar-refractivity contribution in [2.45, 2.75) is 40.2 Å². The van der Waals surface area contributed by atoms with Crippen LogP contribution in [0.25, 0.3) is 0 Å². The minimum atomic E-state index is -0.396. The number of hydrogen-bond donors (Lipinski definition) is 2. The zero-order valence-electron chi connectivity index (χ0n) is 21.5. The van der Waals surface area contributed by atoms with Gasteiger partial charge >= 0.3 is 0 Å². The minimum absolute atomic E-state index is 0.0894. The maximum absolute atomic E-state index is 12.7. The van der Waals surface area contributed by atoms with Crippen molar-refractivity contribution in [3.05, 3.63) is 89.0 Å². The quantitative estimate of drug-likeness (QED) is 0.452. The molecule has 3 amide bonds. The average molecular weight is 500 g/mol. The Kier molecular flexibility index (Phi) is 8.23. The van der Waals surface area contributed by atoms with Crippen LogP contribution in [0.3, 0.4) is 0 Å². The third-order valence-electron chi connectivity index (χ3n) is 6.61. The predicted molar refractivity (Wildman–Crippen MR) is 145 cm³/mol. The van der Waals surface area contributed by atoms with Crippen molar-refractivity contribution >= 4 is 29.1 Å². The van der Waals surface area contributed by atoms with Crippen LogP contribution in [0.4, 0.5) is 11.4 Å². The highest BCUT2D eigenvalue weighted by Crippen LogP contribution is 2.27. The molecule has 37 heavy (non-hydrogen) atoms. The van der Waals surface area contributed by atoms with E-state index < -0.39 is 5.92 Å². The standard InChI is InChI=1S/C30H33N3O4/c1-4-23-7-5-6-21(3)29(23)32-27(34)19-37-26-14-12-25(13-15-26)33-18-24(16-28(33)35)30(36)31-17-22-10-8-20(2)9-11-22/h5-15,24H,4,16-19H2,1-3H3,(H,31,36)(H,32,34)/t24-/m0/s1. The lowest BCUT2D eigenvalue weighted by Crippen LogP contribution is -2.32. The van der Waals surface area contributed by atoms with Crippen molar-refractivity contribution in [1.29, 1.82) is 0 Å². The molecule has 0 bridgehead atoms. The van der Waals surface area contributed by atoms with Gasteiger partial charge < -0.3 is 20.3 Å². The molecule has 0 radical (unpaired) electrons. The summed E-state index contributed by atoms with van der Waals surface area (Å²) in [5.74, 6) is -0.316. The first kappa shape index (κ1) is 25.9. The van der Waals surface area contributed by atoms with E-state index in [1.54, 1.807) is 29.2 Å². The fourth-order valence-corrected chi connectivity index (χ4v) is 4.42. The van der Waals surface area contributed by atoms with Crippen LogP contribution in [-0.2, 0) is 27.3 Å². The van der Waals surface area contributed by atoms with Crippen LogP contribution in [0.1, 0.15) is 35.6 Å². The monoisotopic (exact) mass is 499 g/mol. The van der Waals surface area contributed by atoms with Gasteiger partial charge in [-0.15, -0.1) is 0 Å². The van der Waals surface area contributed by atoms with Crippen LogP contribution in [0.5, 0.6) is 5.75 Å². The Bertz CT molecular complexity index is 1270. The lowest BCUT2D eigenvalue weighted by molar-refractivity contribution is -0.126. The molecule has 0 spiro atoms. The average Bonchev–Trinajstić information content (AvgIpc) is 3.30. The summed E-state index contributed by atoms with van der Waals surface area (Å²) in [6.45, 7) is 6.68. The second-order valence-corrected chi connectivity index (χ2v) is 9.40. The van der Waals surface area contributed by atoms with Gasteiger partial charge in [-0.25, -0.2) is 0 Å². The number of anilines is 2. The Morgan fingerprint density at radius 1 is 1.00 bits per heavy atom. The van der Waals surface area contributed by atoms with Crippen molar-refractivity contribution in [2.75, 3.05) is 23.4 Å². The normalized spacial score (nSPS) is 14.9. The second-order valence-electron chi connectivity index (χ2n) is 9.40. The number of hydrogen-bond acceptors (Lipinski definition) is 4. The Morgan fingerprint density at radius 3 is 2.43 bits per heavy atom. The zero-order chi connectivity index (χ0) is 26.4. The number of amides is 3. The van der Waals surface area contributed by atoms with Gasteiger partial charge in [-0.05, 0) is 61.2 Å². The summed E-state index contributed by atoms with van der Waals surface area (Å²) >= 11 is 0. The molecule has 4 rings (SSSR count). The third-order valence-corrected chi connectivity index (χ3v) is 6.61. The molecule has 7 nitrogen and oxygen atoms in total. The lowest BCUT2D eigenvalue weighted by atomic mass is 10.1. The van der Waals surface area contributed by atoms with E-state index in [9.17, 15) is 14.4 Å². The van der Waals surface area contributed by atoms with Gasteiger partial charge in [0.25, 0.3) is 5.91 Å². The largest absolute Gasteiger partial charge is 0.484 e. The molecule has 0 aliphatic carbocycles. The number of ether oxygens (including phenoxy) is 1. The molecular weight excluding hydrogens is 466 g/mol. The van der Waals surface area contributed by atoms with Gasteiger partial charge in [0.15, 0.2) is 6.61 Å². The molecule has 1 aliphatic heterocycles. The highest BCUT2D eigenvalue weighted by Gasteiger charge is 2.35. The fraction of sp³-hybridized carbons (Fsp3) is 0.300. The molecule has 2 N–H and O–H groups in total. The SMILES string of the molecule is CCc1cccc(C)c1NC(=O)COc1ccc(N2C[C@@H](C(=O)NCc3ccc(C)cc3)CC2=O)cc1. The lowest BCUT2D eigenvalue weighted by Gasteiger charge is -2.17. The van der Waals surface area contributed by atoms with E-state index in [-0.39, 0.29) is 30.7 Å². The van der Waals surface area contributed by atoms with Gasteiger partial charge in [-0.2, -0.15) is 0 Å². The molecule has 192 valence electrons. The van der Waals surface area contributed by atoms with E-state index in [2.05, 4.69) is 10.6 Å². The first-order chi connectivity index (χ1) is 17.8. The molecular formula is C30H33N3O4. The number of carbonyl (C=O) groups is 3. The van der Waals surface area contributed by atoms with Gasteiger partial charge in [0.1, 0.15) is 5.75 Å². The Balaban J connectivity index is 1.28. The van der Waals surface area contributed by atoms with Gasteiger partial charge in [-0.1, -0.05) is 55.0 Å². The Labute approximate surface area is 217 Å². The van der Waals surface area contributed by atoms with E-state index in [0.29, 0.717) is 24.5 Å². The molecule has 0 unspecified atom stereocenters. The third kappa shape index (κ3) is 6.55. The van der Waals surface area contributed by atoms with Gasteiger partial charge in [-0.3, -0.25) is 14.4 Å². The van der Waals surface area contributed by atoms with Crippen LogP contribution >= 0.6 is 0 Å². The summed E-state index contributed by atoms with van der Waals surface area (Å²) in [6.07, 6.45) is 1.00. The number of aryl methyl sites for hydroxylation is 3. The molecule has 7 heteroatoms. The van der Waals surface area contributed by atoms with Crippen molar-refractivity contribution < 1.29 is 19.1 Å². The number of nitrogens with zero attached hydrogens (tertiary/aromatic N) is 1. The summed E-state index contributed by atoms with van der Waals surface area (Å²) in [5, 5.41) is 5.89. The molecule has 0 aromatic heterocycles. The number of nitrogens with one attached hydrogen (secondary N) is 2. The summed E-state index contributed by atoms with van der Waals surface area (Å²) in [6, 6.07) is 20.9. The smallest absolute Gasteiger partial charge is 0.262 e. The predicted octanol–water partition coefficient (Wildman–Crippen LogP) is 4.55. The molecule has 1 atom stereocenters. The number of rotatable bonds is 9. The Morgan fingerprint density at radius 2 is 1.73 bits per heavy atom. The summed E-state index contributed by atoms with van der Waals surface area (Å²) in [4.78, 5) is 39.4. The number of benzene rings is 3. The van der Waals surface area contributed by atoms with Crippen molar-refractivity contribution in [3.63, 3.8) is 0 Å². The van der Waals surface area contributed by atoms with Crippen molar-refractivity contribution in [3.8, 4) is 5.75 Å². The minimum Gasteiger partial charge on any atom is -0.484 e. The van der Waals surface area contributed by atoms with Crippen molar-refractivity contribution in [1.82, 2.24) is 5.32 Å². The molecule has 1 aliphatic rings. The van der Waals surface area contributed by atoms with Gasteiger partial charge in [0, 0.05) is 30.9 Å². The molecule has 0 saturated carbocycles. The molecule has 3 aromatic rings. The molecule has 1 saturated heterocycles.